The van der Waals surface area contributed by atoms with Crippen molar-refractivity contribution >= 4 is 0 Å². The SMILES string of the molecule is CC/C=C\Cc1ccc(C2CCC(C3CCC(CC)CC3)CC2)c(F)c1F. The number of rotatable bonds is 6. The second-order valence-electron chi connectivity index (χ2n) is 8.83. The molecule has 2 heteroatoms. The molecule has 150 valence electrons. The maximum Gasteiger partial charge on any atom is 0.162 e. The van der Waals surface area contributed by atoms with Crippen molar-refractivity contribution in [1.29, 1.82) is 0 Å². The molecule has 0 radical (unpaired) electrons. The van der Waals surface area contributed by atoms with Crippen molar-refractivity contribution in [3.63, 3.8) is 0 Å². The molecule has 0 nitrogen and oxygen atoms in total. The van der Waals surface area contributed by atoms with Gasteiger partial charge < -0.3 is 0 Å². The van der Waals surface area contributed by atoms with Crippen LogP contribution in [0, 0.1) is 29.4 Å². The Morgan fingerprint density at radius 3 is 2.04 bits per heavy atom. The third kappa shape index (κ3) is 5.00. The summed E-state index contributed by atoms with van der Waals surface area (Å²) in [5.41, 5.74) is 1.09. The standard InChI is InChI=1S/C25H36F2/c1-3-5-6-7-22-16-17-23(25(27)24(22)26)21-14-12-20(13-15-21)19-10-8-18(4-2)9-11-19/h5-6,16-21H,3-4,7-15H2,1-2H3/b6-5-. The molecule has 27 heavy (non-hydrogen) atoms. The van der Waals surface area contributed by atoms with Gasteiger partial charge in [-0.25, -0.2) is 8.78 Å². The monoisotopic (exact) mass is 374 g/mol. The molecule has 0 heterocycles. The normalized spacial score (nSPS) is 29.3. The summed E-state index contributed by atoms with van der Waals surface area (Å²) in [6.45, 7) is 4.36. The van der Waals surface area contributed by atoms with E-state index in [0.29, 0.717) is 17.5 Å². The molecule has 3 rings (SSSR count). The molecular weight excluding hydrogens is 338 g/mol. The van der Waals surface area contributed by atoms with Gasteiger partial charge >= 0.3 is 0 Å². The summed E-state index contributed by atoms with van der Waals surface area (Å²) >= 11 is 0. The van der Waals surface area contributed by atoms with Crippen molar-refractivity contribution in [2.75, 3.05) is 0 Å². The Kier molecular flexibility index (Phi) is 7.49. The van der Waals surface area contributed by atoms with Crippen LogP contribution in [0.5, 0.6) is 0 Å². The minimum Gasteiger partial charge on any atom is -0.203 e. The Morgan fingerprint density at radius 1 is 0.815 bits per heavy atom. The lowest BCUT2D eigenvalue weighted by Crippen LogP contribution is -2.25. The van der Waals surface area contributed by atoms with Crippen LogP contribution in [0.25, 0.3) is 0 Å². The van der Waals surface area contributed by atoms with Crippen molar-refractivity contribution in [3.05, 3.63) is 47.0 Å². The second kappa shape index (κ2) is 9.85. The Hall–Kier alpha value is -1.18. The van der Waals surface area contributed by atoms with Crippen molar-refractivity contribution < 1.29 is 8.78 Å². The lowest BCUT2D eigenvalue weighted by atomic mass is 9.68. The van der Waals surface area contributed by atoms with Crippen LogP contribution in [0.2, 0.25) is 0 Å². The number of benzene rings is 1. The van der Waals surface area contributed by atoms with Gasteiger partial charge in [0.15, 0.2) is 11.6 Å². The van der Waals surface area contributed by atoms with E-state index in [9.17, 15) is 8.78 Å². The Morgan fingerprint density at radius 2 is 1.44 bits per heavy atom. The molecule has 2 aliphatic rings. The van der Waals surface area contributed by atoms with Crippen LogP contribution < -0.4 is 0 Å². The Labute approximate surface area is 164 Å². The van der Waals surface area contributed by atoms with Gasteiger partial charge in [0.2, 0.25) is 0 Å². The average molecular weight is 375 g/mol. The van der Waals surface area contributed by atoms with Gasteiger partial charge in [-0.3, -0.25) is 0 Å². The molecule has 0 aliphatic heterocycles. The molecule has 0 saturated heterocycles. The van der Waals surface area contributed by atoms with Crippen LogP contribution in [0.3, 0.4) is 0 Å². The fourth-order valence-corrected chi connectivity index (χ4v) is 5.42. The predicted octanol–water partition coefficient (Wildman–Crippen LogP) is 7.96. The summed E-state index contributed by atoms with van der Waals surface area (Å²) in [6, 6.07) is 3.65. The molecule has 0 atom stereocenters. The maximum atomic E-state index is 14.7. The molecule has 0 unspecified atom stereocenters. The maximum absolute atomic E-state index is 14.7. The largest absolute Gasteiger partial charge is 0.203 e. The molecular formula is C25H36F2. The van der Waals surface area contributed by atoms with Crippen LogP contribution >= 0.6 is 0 Å². The Bertz CT molecular complexity index is 617. The van der Waals surface area contributed by atoms with Gasteiger partial charge in [-0.15, -0.1) is 0 Å². The van der Waals surface area contributed by atoms with E-state index >= 15 is 0 Å². The first-order valence-corrected chi connectivity index (χ1v) is 11.3. The summed E-state index contributed by atoms with van der Waals surface area (Å²) in [5.74, 6) is 1.61. The van der Waals surface area contributed by atoms with Crippen LogP contribution in [-0.2, 0) is 6.42 Å². The van der Waals surface area contributed by atoms with E-state index in [1.54, 1.807) is 6.07 Å². The fraction of sp³-hybridized carbons (Fsp3) is 0.680. The lowest BCUT2D eigenvalue weighted by Gasteiger charge is -2.38. The Balaban J connectivity index is 1.58. The minimum absolute atomic E-state index is 0.197. The molecule has 0 spiro atoms. The van der Waals surface area contributed by atoms with Crippen LogP contribution in [0.4, 0.5) is 8.78 Å². The lowest BCUT2D eigenvalue weighted by molar-refractivity contribution is 0.158. The van der Waals surface area contributed by atoms with Crippen molar-refractivity contribution in [3.8, 4) is 0 Å². The van der Waals surface area contributed by atoms with Gasteiger partial charge in [0.1, 0.15) is 0 Å². The van der Waals surface area contributed by atoms with E-state index in [-0.39, 0.29) is 5.92 Å². The zero-order valence-electron chi connectivity index (χ0n) is 17.2. The first kappa shape index (κ1) is 20.6. The second-order valence-corrected chi connectivity index (χ2v) is 8.83. The topological polar surface area (TPSA) is 0 Å². The van der Waals surface area contributed by atoms with E-state index in [1.165, 1.54) is 44.9 Å². The molecule has 1 aromatic rings. The molecule has 2 fully saturated rings. The highest BCUT2D eigenvalue weighted by Crippen LogP contribution is 2.44. The molecule has 0 bridgehead atoms. The van der Waals surface area contributed by atoms with Crippen molar-refractivity contribution in [2.45, 2.75) is 90.4 Å². The molecule has 2 aliphatic carbocycles. The third-order valence-electron chi connectivity index (χ3n) is 7.28. The smallest absolute Gasteiger partial charge is 0.162 e. The van der Waals surface area contributed by atoms with Crippen LogP contribution in [-0.4, -0.2) is 0 Å². The number of hydrogen-bond acceptors (Lipinski definition) is 0. The first-order chi connectivity index (χ1) is 13.1. The van der Waals surface area contributed by atoms with Crippen molar-refractivity contribution in [2.24, 2.45) is 17.8 Å². The van der Waals surface area contributed by atoms with Crippen molar-refractivity contribution in [1.82, 2.24) is 0 Å². The van der Waals surface area contributed by atoms with Crippen LogP contribution in [0.15, 0.2) is 24.3 Å². The molecule has 0 aromatic heterocycles. The quantitative estimate of drug-likeness (QED) is 0.443. The zero-order valence-corrected chi connectivity index (χ0v) is 17.2. The minimum atomic E-state index is -0.631. The van der Waals surface area contributed by atoms with Gasteiger partial charge in [-0.1, -0.05) is 57.4 Å². The molecule has 0 N–H and O–H groups in total. The number of hydrogen-bond donors (Lipinski definition) is 0. The highest BCUT2D eigenvalue weighted by atomic mass is 19.2. The number of allylic oxidation sites excluding steroid dienone is 2. The van der Waals surface area contributed by atoms with E-state index in [1.807, 2.05) is 25.1 Å². The van der Waals surface area contributed by atoms with Gasteiger partial charge in [-0.05, 0) is 86.2 Å². The third-order valence-corrected chi connectivity index (χ3v) is 7.28. The predicted molar refractivity (Wildman–Crippen MR) is 110 cm³/mol. The highest BCUT2D eigenvalue weighted by molar-refractivity contribution is 5.30. The summed E-state index contributed by atoms with van der Waals surface area (Å²) in [4.78, 5) is 0. The summed E-state index contributed by atoms with van der Waals surface area (Å²) in [5, 5.41) is 0. The first-order valence-electron chi connectivity index (χ1n) is 11.3. The van der Waals surface area contributed by atoms with Gasteiger partial charge in [0.25, 0.3) is 0 Å². The molecule has 0 amide bonds. The van der Waals surface area contributed by atoms with E-state index in [2.05, 4.69) is 6.92 Å². The van der Waals surface area contributed by atoms with Gasteiger partial charge in [0, 0.05) is 0 Å². The summed E-state index contributed by atoms with van der Waals surface area (Å²) in [6.07, 6.45) is 16.6. The zero-order chi connectivity index (χ0) is 19.2. The fourth-order valence-electron chi connectivity index (χ4n) is 5.42. The van der Waals surface area contributed by atoms with E-state index < -0.39 is 11.6 Å². The van der Waals surface area contributed by atoms with Gasteiger partial charge in [-0.2, -0.15) is 0 Å². The molecule has 2 saturated carbocycles. The molecule has 1 aromatic carbocycles. The van der Waals surface area contributed by atoms with E-state index in [0.717, 1.165) is 37.0 Å². The average Bonchev–Trinajstić information content (AvgIpc) is 2.72. The van der Waals surface area contributed by atoms with Gasteiger partial charge in [0.05, 0.1) is 0 Å². The number of halogens is 2. The van der Waals surface area contributed by atoms with Crippen LogP contribution in [0.1, 0.15) is 95.1 Å². The highest BCUT2D eigenvalue weighted by Gasteiger charge is 2.32. The summed E-state index contributed by atoms with van der Waals surface area (Å²) in [7, 11) is 0. The summed E-state index contributed by atoms with van der Waals surface area (Å²) < 4.78 is 29.2. The van der Waals surface area contributed by atoms with E-state index in [4.69, 9.17) is 0 Å².